The second-order valence-corrected chi connectivity index (χ2v) is 7.38. The minimum atomic E-state index is 0.688. The summed E-state index contributed by atoms with van der Waals surface area (Å²) in [5.74, 6) is 1.86. The molecule has 0 radical (unpaired) electrons. The normalized spacial score (nSPS) is 17.0. The Morgan fingerprint density at radius 1 is 1.16 bits per heavy atom. The van der Waals surface area contributed by atoms with Crippen molar-refractivity contribution in [3.05, 3.63) is 42.5 Å². The lowest BCUT2D eigenvalue weighted by Gasteiger charge is -2.34. The number of nitrogens with zero attached hydrogens (tertiary/aromatic N) is 3. The molecule has 1 aliphatic heterocycles. The van der Waals surface area contributed by atoms with E-state index in [0.717, 1.165) is 24.8 Å². The van der Waals surface area contributed by atoms with E-state index >= 15 is 0 Å². The summed E-state index contributed by atoms with van der Waals surface area (Å²) < 4.78 is 2.12. The largest absolute Gasteiger partial charge is 0.371 e. The topological polar surface area (TPSA) is 33.1 Å². The number of nitrogens with one attached hydrogen (secondary N) is 1. The third-order valence-corrected chi connectivity index (χ3v) is 5.58. The third kappa shape index (κ3) is 4.63. The van der Waals surface area contributed by atoms with Crippen LogP contribution >= 0.6 is 0 Å². The van der Waals surface area contributed by atoms with Gasteiger partial charge in [-0.3, -0.25) is 0 Å². The van der Waals surface area contributed by atoms with E-state index in [9.17, 15) is 0 Å². The maximum absolute atomic E-state index is 4.30. The number of benzene rings is 1. The van der Waals surface area contributed by atoms with Crippen LogP contribution in [0.2, 0.25) is 0 Å². The predicted molar refractivity (Wildman–Crippen MR) is 106 cm³/mol. The summed E-state index contributed by atoms with van der Waals surface area (Å²) in [6.45, 7) is 10.1. The van der Waals surface area contributed by atoms with Gasteiger partial charge in [-0.05, 0) is 62.9 Å². The van der Waals surface area contributed by atoms with Crippen molar-refractivity contribution in [2.75, 3.05) is 24.5 Å². The average molecular weight is 341 g/mol. The van der Waals surface area contributed by atoms with E-state index < -0.39 is 0 Å². The van der Waals surface area contributed by atoms with Crippen LogP contribution in [0.25, 0.3) is 5.69 Å². The van der Waals surface area contributed by atoms with Gasteiger partial charge in [0.15, 0.2) is 0 Å². The van der Waals surface area contributed by atoms with Crippen LogP contribution < -0.4 is 10.2 Å². The fourth-order valence-electron chi connectivity index (χ4n) is 3.55. The average Bonchev–Trinajstić information content (AvgIpc) is 3.08. The van der Waals surface area contributed by atoms with Gasteiger partial charge in [0.1, 0.15) is 5.82 Å². The zero-order valence-corrected chi connectivity index (χ0v) is 15.9. The van der Waals surface area contributed by atoms with Gasteiger partial charge in [-0.1, -0.05) is 20.3 Å². The van der Waals surface area contributed by atoms with E-state index in [2.05, 4.69) is 57.9 Å². The first-order valence-corrected chi connectivity index (χ1v) is 9.76. The minimum absolute atomic E-state index is 0.688. The number of imidazole rings is 1. The summed E-state index contributed by atoms with van der Waals surface area (Å²) in [6, 6.07) is 9.56. The minimum Gasteiger partial charge on any atom is -0.371 e. The predicted octanol–water partition coefficient (Wildman–Crippen LogP) is 4.18. The summed E-state index contributed by atoms with van der Waals surface area (Å²) in [7, 11) is 0. The van der Waals surface area contributed by atoms with Gasteiger partial charge in [0.25, 0.3) is 0 Å². The molecular formula is C21H32N4. The van der Waals surface area contributed by atoms with Crippen molar-refractivity contribution in [2.45, 2.75) is 52.5 Å². The van der Waals surface area contributed by atoms with Crippen LogP contribution in [0.5, 0.6) is 0 Å². The number of anilines is 1. The zero-order valence-electron chi connectivity index (χ0n) is 15.9. The molecule has 1 aromatic carbocycles. The Labute approximate surface area is 152 Å². The quantitative estimate of drug-likeness (QED) is 0.821. The van der Waals surface area contributed by atoms with Crippen LogP contribution in [0.15, 0.2) is 36.7 Å². The van der Waals surface area contributed by atoms with Gasteiger partial charge in [-0.2, -0.15) is 0 Å². The van der Waals surface area contributed by atoms with Crippen molar-refractivity contribution in [3.8, 4) is 5.69 Å². The molecule has 1 saturated heterocycles. The molecule has 0 spiro atoms. The summed E-state index contributed by atoms with van der Waals surface area (Å²) in [5, 5.41) is 3.76. The van der Waals surface area contributed by atoms with Gasteiger partial charge < -0.3 is 14.8 Å². The molecule has 25 heavy (non-hydrogen) atoms. The fraction of sp³-hybridized carbons (Fsp3) is 0.571. The van der Waals surface area contributed by atoms with E-state index in [0.29, 0.717) is 6.04 Å². The standard InChI is InChI=1S/C21H32N4/c1-4-17(2)9-12-23-19-10-14-24(15-11-19)20-5-7-21(8-6-20)25-16-13-22-18(25)3/h5-8,13,16-17,19,23H,4,9-12,14-15H2,1-3H3. The number of aryl methyl sites for hydroxylation is 1. The lowest BCUT2D eigenvalue weighted by molar-refractivity contribution is 0.391. The molecule has 1 aromatic heterocycles. The highest BCUT2D eigenvalue weighted by Crippen LogP contribution is 2.22. The van der Waals surface area contributed by atoms with Crippen LogP contribution in [0, 0.1) is 12.8 Å². The van der Waals surface area contributed by atoms with E-state index in [1.54, 1.807) is 0 Å². The zero-order chi connectivity index (χ0) is 17.6. The first kappa shape index (κ1) is 18.0. The maximum atomic E-state index is 4.30. The van der Waals surface area contributed by atoms with E-state index in [-0.39, 0.29) is 0 Å². The van der Waals surface area contributed by atoms with Gasteiger partial charge in [0.05, 0.1) is 0 Å². The van der Waals surface area contributed by atoms with E-state index in [1.165, 1.54) is 43.6 Å². The van der Waals surface area contributed by atoms with Crippen LogP contribution in [0.4, 0.5) is 5.69 Å². The van der Waals surface area contributed by atoms with Crippen LogP contribution in [-0.2, 0) is 0 Å². The van der Waals surface area contributed by atoms with Gasteiger partial charge in [0.2, 0.25) is 0 Å². The molecule has 0 aliphatic carbocycles. The van der Waals surface area contributed by atoms with Crippen LogP contribution in [-0.4, -0.2) is 35.2 Å². The Hall–Kier alpha value is -1.81. The second kappa shape index (κ2) is 8.52. The summed E-state index contributed by atoms with van der Waals surface area (Å²) in [4.78, 5) is 6.81. The molecule has 1 N–H and O–H groups in total. The number of hydrogen-bond acceptors (Lipinski definition) is 3. The van der Waals surface area contributed by atoms with Crippen molar-refractivity contribution in [1.82, 2.24) is 14.9 Å². The van der Waals surface area contributed by atoms with Crippen molar-refractivity contribution >= 4 is 5.69 Å². The second-order valence-electron chi connectivity index (χ2n) is 7.38. The molecule has 0 amide bonds. The molecular weight excluding hydrogens is 308 g/mol. The highest BCUT2D eigenvalue weighted by Gasteiger charge is 2.19. The van der Waals surface area contributed by atoms with Crippen LogP contribution in [0.1, 0.15) is 45.4 Å². The molecule has 2 heterocycles. The SMILES string of the molecule is CCC(C)CCNC1CCN(c2ccc(-n3ccnc3C)cc2)CC1. The lowest BCUT2D eigenvalue weighted by atomic mass is 10.0. The van der Waals surface area contributed by atoms with Crippen molar-refractivity contribution in [3.63, 3.8) is 0 Å². The van der Waals surface area contributed by atoms with E-state index in [1.807, 2.05) is 19.3 Å². The summed E-state index contributed by atoms with van der Waals surface area (Å²) >= 11 is 0. The Kier molecular flexibility index (Phi) is 6.14. The van der Waals surface area contributed by atoms with Crippen LogP contribution in [0.3, 0.4) is 0 Å². The molecule has 2 aromatic rings. The number of aromatic nitrogens is 2. The molecule has 4 heteroatoms. The highest BCUT2D eigenvalue weighted by atomic mass is 15.1. The molecule has 1 unspecified atom stereocenters. The number of rotatable bonds is 7. The highest BCUT2D eigenvalue weighted by molar-refractivity contribution is 5.51. The van der Waals surface area contributed by atoms with Gasteiger partial charge in [-0.25, -0.2) is 4.98 Å². The number of piperidine rings is 1. The van der Waals surface area contributed by atoms with E-state index in [4.69, 9.17) is 0 Å². The summed E-state index contributed by atoms with van der Waals surface area (Å²) in [6.07, 6.45) is 8.93. The summed E-state index contributed by atoms with van der Waals surface area (Å²) in [5.41, 5.74) is 2.51. The van der Waals surface area contributed by atoms with Gasteiger partial charge in [0, 0.05) is 42.9 Å². The molecule has 1 atom stereocenters. The van der Waals surface area contributed by atoms with Crippen molar-refractivity contribution < 1.29 is 0 Å². The Balaban J connectivity index is 1.49. The Morgan fingerprint density at radius 2 is 1.84 bits per heavy atom. The van der Waals surface area contributed by atoms with Gasteiger partial charge >= 0.3 is 0 Å². The lowest BCUT2D eigenvalue weighted by Crippen LogP contribution is -2.43. The Morgan fingerprint density at radius 3 is 2.44 bits per heavy atom. The monoisotopic (exact) mass is 340 g/mol. The number of hydrogen-bond donors (Lipinski definition) is 1. The molecule has 0 saturated carbocycles. The first-order valence-electron chi connectivity index (χ1n) is 9.76. The molecule has 1 aliphatic rings. The maximum Gasteiger partial charge on any atom is 0.110 e. The molecule has 1 fully saturated rings. The smallest absolute Gasteiger partial charge is 0.110 e. The molecule has 4 nitrogen and oxygen atoms in total. The Bertz CT molecular complexity index is 638. The first-order chi connectivity index (χ1) is 12.2. The molecule has 136 valence electrons. The third-order valence-electron chi connectivity index (χ3n) is 5.58. The fourth-order valence-corrected chi connectivity index (χ4v) is 3.55. The van der Waals surface area contributed by atoms with Crippen molar-refractivity contribution in [2.24, 2.45) is 5.92 Å². The molecule has 3 rings (SSSR count). The van der Waals surface area contributed by atoms with Gasteiger partial charge in [-0.15, -0.1) is 0 Å². The van der Waals surface area contributed by atoms with Crippen molar-refractivity contribution in [1.29, 1.82) is 0 Å². The molecule has 0 bridgehead atoms.